The van der Waals surface area contributed by atoms with E-state index in [0.717, 1.165) is 24.0 Å². The first-order chi connectivity index (χ1) is 9.90. The first-order valence-corrected chi connectivity index (χ1v) is 8.58. The van der Waals surface area contributed by atoms with Gasteiger partial charge in [-0.05, 0) is 49.4 Å². The molecule has 0 amide bonds. The number of ether oxygens (including phenoxy) is 1. The topological polar surface area (TPSA) is 66.8 Å². The molecule has 0 bridgehead atoms. The largest absolute Gasteiger partial charge is 0.392 e. The van der Waals surface area contributed by atoms with Crippen LogP contribution in [0.3, 0.4) is 0 Å². The lowest BCUT2D eigenvalue weighted by molar-refractivity contribution is 0.0571. The van der Waals surface area contributed by atoms with E-state index >= 15 is 0 Å². The molecule has 0 spiro atoms. The molecule has 1 atom stereocenters. The van der Waals surface area contributed by atoms with Crippen LogP contribution in [-0.4, -0.2) is 44.1 Å². The number of aryl methyl sites for hydroxylation is 1. The highest BCUT2D eigenvalue weighted by molar-refractivity contribution is 7.89. The van der Waals surface area contributed by atoms with Gasteiger partial charge in [0.05, 0.1) is 17.6 Å². The number of hydrogen-bond acceptors (Lipinski definition) is 4. The van der Waals surface area contributed by atoms with E-state index in [1.165, 1.54) is 4.31 Å². The molecule has 0 radical (unpaired) electrons. The van der Waals surface area contributed by atoms with Gasteiger partial charge < -0.3 is 9.84 Å². The Hall–Kier alpha value is -0.950. The quantitative estimate of drug-likeness (QED) is 0.917. The third-order valence-corrected chi connectivity index (χ3v) is 6.15. The molecule has 1 aromatic carbocycles. The van der Waals surface area contributed by atoms with Crippen LogP contribution < -0.4 is 0 Å². The number of methoxy groups -OCH3 is 1. The molecule has 2 rings (SSSR count). The van der Waals surface area contributed by atoms with E-state index in [9.17, 15) is 13.5 Å². The normalized spacial score (nSPS) is 20.7. The van der Waals surface area contributed by atoms with Gasteiger partial charge in [-0.15, -0.1) is 0 Å². The molecule has 0 aliphatic carbocycles. The minimum absolute atomic E-state index is 0.0454. The van der Waals surface area contributed by atoms with Crippen molar-refractivity contribution in [3.8, 4) is 0 Å². The second-order valence-corrected chi connectivity index (χ2v) is 7.46. The second-order valence-electron chi connectivity index (χ2n) is 5.56. The molecule has 1 N–H and O–H groups in total. The van der Waals surface area contributed by atoms with Gasteiger partial charge in [-0.1, -0.05) is 6.07 Å². The highest BCUT2D eigenvalue weighted by atomic mass is 32.2. The Morgan fingerprint density at radius 2 is 2.10 bits per heavy atom. The summed E-state index contributed by atoms with van der Waals surface area (Å²) in [5.41, 5.74) is 2.24. The molecule has 0 aromatic heterocycles. The summed E-state index contributed by atoms with van der Waals surface area (Å²) in [6, 6.07) is 3.40. The molecule has 0 saturated carbocycles. The lowest BCUT2D eigenvalue weighted by atomic mass is 10.1. The lowest BCUT2D eigenvalue weighted by Gasteiger charge is -2.31. The van der Waals surface area contributed by atoms with Crippen molar-refractivity contribution in [3.05, 3.63) is 28.8 Å². The summed E-state index contributed by atoms with van der Waals surface area (Å²) < 4.78 is 32.6. The fourth-order valence-corrected chi connectivity index (χ4v) is 4.57. The Morgan fingerprint density at radius 3 is 2.71 bits per heavy atom. The van der Waals surface area contributed by atoms with Gasteiger partial charge in [-0.2, -0.15) is 4.31 Å². The summed E-state index contributed by atoms with van der Waals surface area (Å²) in [6.07, 6.45) is 1.64. The molecule has 1 unspecified atom stereocenters. The van der Waals surface area contributed by atoms with Gasteiger partial charge in [-0.3, -0.25) is 0 Å². The molecule has 1 aromatic rings. The molecule has 1 aliphatic rings. The van der Waals surface area contributed by atoms with Gasteiger partial charge in [-0.25, -0.2) is 8.42 Å². The molecule has 6 heteroatoms. The van der Waals surface area contributed by atoms with Crippen molar-refractivity contribution < 1.29 is 18.3 Å². The number of rotatable bonds is 4. The maximum absolute atomic E-state index is 12.9. The van der Waals surface area contributed by atoms with Crippen molar-refractivity contribution in [2.75, 3.05) is 20.2 Å². The Labute approximate surface area is 126 Å². The highest BCUT2D eigenvalue weighted by Crippen LogP contribution is 2.27. The SMILES string of the molecule is COC1CCCN(S(=O)(=O)c2cc(CO)cc(C)c2C)C1. The number of benzene rings is 1. The molecular formula is C15H23NO4S. The van der Waals surface area contributed by atoms with Crippen LogP contribution in [0.25, 0.3) is 0 Å². The number of aliphatic hydroxyl groups excluding tert-OH is 1. The Morgan fingerprint density at radius 1 is 1.38 bits per heavy atom. The number of nitrogens with zero attached hydrogens (tertiary/aromatic N) is 1. The van der Waals surface area contributed by atoms with Crippen LogP contribution in [0.4, 0.5) is 0 Å². The van der Waals surface area contributed by atoms with Crippen LogP contribution >= 0.6 is 0 Å². The predicted molar refractivity (Wildman–Crippen MR) is 80.6 cm³/mol. The van der Waals surface area contributed by atoms with Crippen LogP contribution in [0.5, 0.6) is 0 Å². The van der Waals surface area contributed by atoms with E-state index in [2.05, 4.69) is 0 Å². The highest BCUT2D eigenvalue weighted by Gasteiger charge is 2.31. The third kappa shape index (κ3) is 3.29. The summed E-state index contributed by atoms with van der Waals surface area (Å²) in [6.45, 7) is 4.41. The fourth-order valence-electron chi connectivity index (χ4n) is 2.71. The number of aliphatic hydroxyl groups is 1. The maximum Gasteiger partial charge on any atom is 0.243 e. The smallest absolute Gasteiger partial charge is 0.243 e. The standard InChI is InChI=1S/C15H23NO4S/c1-11-7-13(10-17)8-15(12(11)2)21(18,19)16-6-4-5-14(9-16)20-3/h7-8,14,17H,4-6,9-10H2,1-3H3. The van der Waals surface area contributed by atoms with Crippen molar-refractivity contribution >= 4 is 10.0 Å². The Kier molecular flexibility index (Phi) is 5.03. The zero-order chi connectivity index (χ0) is 15.6. The minimum Gasteiger partial charge on any atom is -0.392 e. The molecular weight excluding hydrogens is 290 g/mol. The van der Waals surface area contributed by atoms with Crippen molar-refractivity contribution in [3.63, 3.8) is 0 Å². The van der Waals surface area contributed by atoms with Crippen LogP contribution in [0.1, 0.15) is 29.5 Å². The average Bonchev–Trinajstić information content (AvgIpc) is 2.49. The molecule has 1 heterocycles. The number of sulfonamides is 1. The zero-order valence-electron chi connectivity index (χ0n) is 12.8. The zero-order valence-corrected chi connectivity index (χ0v) is 13.6. The van der Waals surface area contributed by atoms with Gasteiger partial charge in [0.2, 0.25) is 10.0 Å². The van der Waals surface area contributed by atoms with Crippen molar-refractivity contribution in [2.24, 2.45) is 0 Å². The second kappa shape index (κ2) is 6.44. The number of piperidine rings is 1. The van der Waals surface area contributed by atoms with Gasteiger partial charge >= 0.3 is 0 Å². The van der Waals surface area contributed by atoms with Crippen LogP contribution in [0.2, 0.25) is 0 Å². The molecule has 118 valence electrons. The van der Waals surface area contributed by atoms with E-state index < -0.39 is 10.0 Å². The minimum atomic E-state index is -3.55. The molecule has 1 fully saturated rings. The van der Waals surface area contributed by atoms with E-state index in [-0.39, 0.29) is 12.7 Å². The van der Waals surface area contributed by atoms with E-state index in [1.54, 1.807) is 20.1 Å². The predicted octanol–water partition coefficient (Wildman–Crippen LogP) is 1.60. The summed E-state index contributed by atoms with van der Waals surface area (Å²) in [4.78, 5) is 0.295. The van der Waals surface area contributed by atoms with Crippen LogP contribution in [0, 0.1) is 13.8 Å². The van der Waals surface area contributed by atoms with Gasteiger partial charge in [0.25, 0.3) is 0 Å². The van der Waals surface area contributed by atoms with Gasteiger partial charge in [0.15, 0.2) is 0 Å². The van der Waals surface area contributed by atoms with E-state index in [4.69, 9.17) is 4.74 Å². The Bertz CT molecular complexity index is 612. The third-order valence-electron chi connectivity index (χ3n) is 4.15. The Balaban J connectivity index is 2.41. The van der Waals surface area contributed by atoms with Crippen LogP contribution in [0.15, 0.2) is 17.0 Å². The van der Waals surface area contributed by atoms with Gasteiger partial charge in [0, 0.05) is 20.2 Å². The van der Waals surface area contributed by atoms with Gasteiger partial charge in [0.1, 0.15) is 0 Å². The molecule has 1 aliphatic heterocycles. The van der Waals surface area contributed by atoms with Crippen molar-refractivity contribution in [1.29, 1.82) is 0 Å². The monoisotopic (exact) mass is 313 g/mol. The first-order valence-electron chi connectivity index (χ1n) is 7.14. The molecule has 1 saturated heterocycles. The summed E-state index contributed by atoms with van der Waals surface area (Å²) in [5.74, 6) is 0. The van der Waals surface area contributed by atoms with Crippen LogP contribution in [-0.2, 0) is 21.4 Å². The average molecular weight is 313 g/mol. The number of hydrogen-bond donors (Lipinski definition) is 1. The molecule has 5 nitrogen and oxygen atoms in total. The summed E-state index contributed by atoms with van der Waals surface area (Å²) in [5, 5.41) is 9.31. The lowest BCUT2D eigenvalue weighted by Crippen LogP contribution is -2.43. The van der Waals surface area contributed by atoms with Crippen molar-refractivity contribution in [1.82, 2.24) is 4.31 Å². The fraction of sp³-hybridized carbons (Fsp3) is 0.600. The first kappa shape index (κ1) is 16.4. The van der Waals surface area contributed by atoms with E-state index in [0.29, 0.717) is 23.5 Å². The molecule has 21 heavy (non-hydrogen) atoms. The maximum atomic E-state index is 12.9. The summed E-state index contributed by atoms with van der Waals surface area (Å²) >= 11 is 0. The van der Waals surface area contributed by atoms with Crippen molar-refractivity contribution in [2.45, 2.75) is 44.3 Å². The summed E-state index contributed by atoms with van der Waals surface area (Å²) in [7, 11) is -1.93. The van der Waals surface area contributed by atoms with E-state index in [1.807, 2.05) is 13.0 Å².